The van der Waals surface area contributed by atoms with E-state index in [1.165, 1.54) is 17.8 Å². The summed E-state index contributed by atoms with van der Waals surface area (Å²) in [5.74, 6) is -0.276. The molecule has 19 heavy (non-hydrogen) atoms. The minimum atomic E-state index is -0.398. The molecule has 0 aromatic carbocycles. The van der Waals surface area contributed by atoms with Crippen LogP contribution in [0.25, 0.3) is 0 Å². The Bertz CT molecular complexity index is 484. The third-order valence-electron chi connectivity index (χ3n) is 2.73. The summed E-state index contributed by atoms with van der Waals surface area (Å²) in [4.78, 5) is 21.7. The highest BCUT2D eigenvalue weighted by Crippen LogP contribution is 2.30. The summed E-state index contributed by atoms with van der Waals surface area (Å²) in [6.07, 6.45) is 5.07. The Morgan fingerprint density at radius 2 is 2.42 bits per heavy atom. The lowest BCUT2D eigenvalue weighted by molar-refractivity contribution is -0.419. The molecule has 7 heteroatoms. The fourth-order valence-electron chi connectivity index (χ4n) is 1.88. The van der Waals surface area contributed by atoms with Crippen LogP contribution in [0.4, 0.5) is 0 Å². The highest BCUT2D eigenvalue weighted by Gasteiger charge is 2.29. The predicted molar refractivity (Wildman–Crippen MR) is 71.9 cm³/mol. The Hall–Kier alpha value is -1.76. The van der Waals surface area contributed by atoms with Crippen molar-refractivity contribution in [1.29, 1.82) is 0 Å². The number of esters is 1. The van der Waals surface area contributed by atoms with E-state index in [2.05, 4.69) is 5.32 Å². The molecule has 1 N–H and O–H groups in total. The fourth-order valence-corrected chi connectivity index (χ4v) is 2.90. The van der Waals surface area contributed by atoms with Crippen molar-refractivity contribution < 1.29 is 14.5 Å². The standard InChI is InChI=1S/C12H14N2O4S/c1-2-18-12(15)5-8-7-19-11-6-9(14(16)17)3-4-10(11)13-8/h3-4,6-7,10-11,13H,2,5H2,1H3. The van der Waals surface area contributed by atoms with Crippen molar-refractivity contribution in [3.63, 3.8) is 0 Å². The van der Waals surface area contributed by atoms with Gasteiger partial charge in [0.2, 0.25) is 0 Å². The first-order valence-corrected chi connectivity index (χ1v) is 6.85. The van der Waals surface area contributed by atoms with E-state index >= 15 is 0 Å². The molecule has 0 fully saturated rings. The van der Waals surface area contributed by atoms with E-state index in [1.54, 1.807) is 19.1 Å². The second-order valence-corrected chi connectivity index (χ2v) is 5.16. The van der Waals surface area contributed by atoms with Gasteiger partial charge in [-0.3, -0.25) is 14.9 Å². The van der Waals surface area contributed by atoms with Crippen molar-refractivity contribution >= 4 is 17.7 Å². The molecule has 2 atom stereocenters. The molecule has 102 valence electrons. The Morgan fingerprint density at radius 3 is 3.11 bits per heavy atom. The summed E-state index contributed by atoms with van der Waals surface area (Å²) in [5.41, 5.74) is 0.894. The number of nitrogens with zero attached hydrogens (tertiary/aromatic N) is 1. The number of hydrogen-bond acceptors (Lipinski definition) is 6. The lowest BCUT2D eigenvalue weighted by Crippen LogP contribution is -2.39. The maximum absolute atomic E-state index is 11.4. The van der Waals surface area contributed by atoms with Crippen LogP contribution in [0, 0.1) is 10.1 Å². The molecule has 1 aliphatic carbocycles. The number of fused-ring (bicyclic) bond motifs is 1. The van der Waals surface area contributed by atoms with E-state index in [1.807, 2.05) is 5.41 Å². The summed E-state index contributed by atoms with van der Waals surface area (Å²) < 4.78 is 4.88. The first-order valence-electron chi connectivity index (χ1n) is 5.91. The van der Waals surface area contributed by atoms with Crippen LogP contribution in [0.3, 0.4) is 0 Å². The SMILES string of the molecule is CCOC(=O)CC1=CSC2C=C([N+](=O)[O-])C=CC2N1. The van der Waals surface area contributed by atoms with Crippen molar-refractivity contribution in [3.05, 3.63) is 45.1 Å². The molecule has 2 unspecified atom stereocenters. The van der Waals surface area contributed by atoms with E-state index in [-0.39, 0.29) is 29.4 Å². The third kappa shape index (κ3) is 3.37. The molecule has 2 aliphatic rings. The lowest BCUT2D eigenvalue weighted by Gasteiger charge is -2.29. The summed E-state index contributed by atoms with van der Waals surface area (Å²) >= 11 is 1.47. The number of hydrogen-bond donors (Lipinski definition) is 1. The largest absolute Gasteiger partial charge is 0.466 e. The van der Waals surface area contributed by atoms with Crippen LogP contribution < -0.4 is 5.32 Å². The molecular formula is C12H14N2O4S. The molecule has 2 rings (SSSR count). The molecule has 0 spiro atoms. The van der Waals surface area contributed by atoms with Gasteiger partial charge in [0.15, 0.2) is 0 Å². The van der Waals surface area contributed by atoms with Gasteiger partial charge in [-0.2, -0.15) is 0 Å². The summed E-state index contributed by atoms with van der Waals surface area (Å²) in [5, 5.41) is 15.7. The van der Waals surface area contributed by atoms with Gasteiger partial charge >= 0.3 is 5.97 Å². The van der Waals surface area contributed by atoms with Crippen molar-refractivity contribution in [2.45, 2.75) is 24.6 Å². The monoisotopic (exact) mass is 282 g/mol. The van der Waals surface area contributed by atoms with E-state index in [0.29, 0.717) is 6.61 Å². The quantitative estimate of drug-likeness (QED) is 0.479. The van der Waals surface area contributed by atoms with Crippen LogP contribution in [0.1, 0.15) is 13.3 Å². The molecular weight excluding hydrogens is 268 g/mol. The van der Waals surface area contributed by atoms with Crippen LogP contribution in [0.5, 0.6) is 0 Å². The summed E-state index contributed by atoms with van der Waals surface area (Å²) in [7, 11) is 0. The van der Waals surface area contributed by atoms with Crippen molar-refractivity contribution in [3.8, 4) is 0 Å². The molecule has 6 nitrogen and oxygen atoms in total. The second kappa shape index (κ2) is 5.92. The Kier molecular flexibility index (Phi) is 4.26. The number of rotatable bonds is 4. The normalized spacial score (nSPS) is 24.7. The van der Waals surface area contributed by atoms with Gasteiger partial charge in [0, 0.05) is 17.8 Å². The van der Waals surface area contributed by atoms with E-state index < -0.39 is 4.92 Å². The molecule has 0 bridgehead atoms. The molecule has 0 aromatic rings. The van der Waals surface area contributed by atoms with Gasteiger partial charge in [-0.05, 0) is 12.3 Å². The van der Waals surface area contributed by atoms with Gasteiger partial charge in [-0.15, -0.1) is 11.8 Å². The zero-order valence-corrected chi connectivity index (χ0v) is 11.2. The molecule has 1 heterocycles. The molecule has 0 radical (unpaired) electrons. The van der Waals surface area contributed by atoms with Gasteiger partial charge in [-0.25, -0.2) is 0 Å². The highest BCUT2D eigenvalue weighted by atomic mass is 32.2. The molecule has 0 saturated carbocycles. The zero-order valence-electron chi connectivity index (χ0n) is 10.4. The van der Waals surface area contributed by atoms with Crippen LogP contribution >= 0.6 is 11.8 Å². The third-order valence-corrected chi connectivity index (χ3v) is 3.90. The number of thioether (sulfide) groups is 1. The van der Waals surface area contributed by atoms with Gasteiger partial charge in [0.25, 0.3) is 5.70 Å². The van der Waals surface area contributed by atoms with Crippen molar-refractivity contribution in [2.24, 2.45) is 0 Å². The average Bonchev–Trinajstić information content (AvgIpc) is 2.38. The minimum absolute atomic E-state index is 0.0173. The van der Waals surface area contributed by atoms with E-state index in [9.17, 15) is 14.9 Å². The number of nitrogens with one attached hydrogen (secondary N) is 1. The lowest BCUT2D eigenvalue weighted by atomic mass is 10.1. The molecule has 1 aliphatic heterocycles. The summed E-state index contributed by atoms with van der Waals surface area (Å²) in [6.45, 7) is 2.12. The van der Waals surface area contributed by atoms with Crippen LogP contribution in [0.15, 0.2) is 35.0 Å². The van der Waals surface area contributed by atoms with Gasteiger partial charge < -0.3 is 10.1 Å². The average molecular weight is 282 g/mol. The van der Waals surface area contributed by atoms with Gasteiger partial charge in [0.05, 0.1) is 29.2 Å². The number of carbonyl (C=O) groups excluding carboxylic acids is 1. The molecule has 0 amide bonds. The highest BCUT2D eigenvalue weighted by molar-refractivity contribution is 8.03. The summed E-state index contributed by atoms with van der Waals surface area (Å²) in [6, 6.07) is -0.0249. The first-order chi connectivity index (χ1) is 9.10. The first kappa shape index (κ1) is 13.7. The Morgan fingerprint density at radius 1 is 1.63 bits per heavy atom. The molecule has 0 saturated heterocycles. The van der Waals surface area contributed by atoms with Crippen molar-refractivity contribution in [1.82, 2.24) is 5.32 Å². The van der Waals surface area contributed by atoms with Crippen LogP contribution in [0.2, 0.25) is 0 Å². The van der Waals surface area contributed by atoms with E-state index in [4.69, 9.17) is 4.74 Å². The Labute approximate surface area is 114 Å². The second-order valence-electron chi connectivity index (χ2n) is 4.10. The topological polar surface area (TPSA) is 81.5 Å². The van der Waals surface area contributed by atoms with E-state index in [0.717, 1.165) is 5.70 Å². The minimum Gasteiger partial charge on any atom is -0.466 e. The number of carbonyl (C=O) groups is 1. The van der Waals surface area contributed by atoms with Crippen LogP contribution in [-0.2, 0) is 9.53 Å². The van der Waals surface area contributed by atoms with Gasteiger partial charge in [-0.1, -0.05) is 6.08 Å². The van der Waals surface area contributed by atoms with Gasteiger partial charge in [0.1, 0.15) is 0 Å². The fraction of sp³-hybridized carbons (Fsp3) is 0.417. The number of nitro groups is 1. The zero-order chi connectivity index (χ0) is 13.8. The Balaban J connectivity index is 2.00. The van der Waals surface area contributed by atoms with Crippen molar-refractivity contribution in [2.75, 3.05) is 6.61 Å². The maximum Gasteiger partial charge on any atom is 0.311 e. The van der Waals surface area contributed by atoms with Crippen LogP contribution in [-0.4, -0.2) is 28.8 Å². The molecule has 0 aromatic heterocycles. The predicted octanol–water partition coefficient (Wildman–Crippen LogP) is 1.58. The number of allylic oxidation sites excluding steroid dienone is 1. The number of ether oxygens (including phenoxy) is 1. The maximum atomic E-state index is 11.4. The smallest absolute Gasteiger partial charge is 0.311 e.